The van der Waals surface area contributed by atoms with Gasteiger partial charge in [-0.3, -0.25) is 9.58 Å². The van der Waals surface area contributed by atoms with Crippen LogP contribution in [0.25, 0.3) is 0 Å². The summed E-state index contributed by atoms with van der Waals surface area (Å²) < 4.78 is 2.00. The third-order valence-electron chi connectivity index (χ3n) is 4.29. The molecule has 1 aliphatic heterocycles. The minimum atomic E-state index is 0.446. The standard InChI is InChI=1S/C18H26N4/c1-16(13-22-12-6-10-19-22)20-18-9-5-11-21(15-18)14-17-7-3-2-4-8-17/h2-4,6-8,10,12,16,18,20H,5,9,11,13-15H2,1H3. The highest BCUT2D eigenvalue weighted by Crippen LogP contribution is 2.14. The van der Waals surface area contributed by atoms with Gasteiger partial charge in [0, 0.05) is 37.6 Å². The molecular formula is C18H26N4. The molecule has 0 amide bonds. The number of likely N-dealkylation sites (tertiary alicyclic amines) is 1. The van der Waals surface area contributed by atoms with E-state index in [9.17, 15) is 0 Å². The fourth-order valence-electron chi connectivity index (χ4n) is 3.32. The molecule has 1 fully saturated rings. The Balaban J connectivity index is 1.48. The van der Waals surface area contributed by atoms with Crippen LogP contribution in [0.1, 0.15) is 25.3 Å². The monoisotopic (exact) mass is 298 g/mol. The Kier molecular flexibility index (Phi) is 5.24. The third-order valence-corrected chi connectivity index (χ3v) is 4.29. The number of aromatic nitrogens is 2. The van der Waals surface area contributed by atoms with Gasteiger partial charge in [-0.2, -0.15) is 5.10 Å². The Morgan fingerprint density at radius 2 is 2.14 bits per heavy atom. The lowest BCUT2D eigenvalue weighted by Gasteiger charge is -2.34. The molecule has 1 saturated heterocycles. The van der Waals surface area contributed by atoms with Gasteiger partial charge in [0.15, 0.2) is 0 Å². The Morgan fingerprint density at radius 3 is 2.91 bits per heavy atom. The molecule has 4 nitrogen and oxygen atoms in total. The number of benzene rings is 1. The first-order chi connectivity index (χ1) is 10.8. The van der Waals surface area contributed by atoms with E-state index in [0.717, 1.165) is 19.6 Å². The maximum atomic E-state index is 4.29. The SMILES string of the molecule is CC(Cn1cccn1)NC1CCCN(Cc2ccccc2)C1. The first-order valence-corrected chi connectivity index (χ1v) is 8.29. The molecule has 22 heavy (non-hydrogen) atoms. The lowest BCUT2D eigenvalue weighted by molar-refractivity contribution is 0.174. The lowest BCUT2D eigenvalue weighted by Crippen LogP contribution is -2.49. The second kappa shape index (κ2) is 7.56. The van der Waals surface area contributed by atoms with Crippen molar-refractivity contribution in [2.24, 2.45) is 0 Å². The zero-order valence-corrected chi connectivity index (χ0v) is 13.4. The van der Waals surface area contributed by atoms with Gasteiger partial charge in [0.1, 0.15) is 0 Å². The Morgan fingerprint density at radius 1 is 1.27 bits per heavy atom. The van der Waals surface area contributed by atoms with Crippen molar-refractivity contribution in [3.63, 3.8) is 0 Å². The smallest absolute Gasteiger partial charge is 0.0560 e. The maximum Gasteiger partial charge on any atom is 0.0560 e. The van der Waals surface area contributed by atoms with Gasteiger partial charge >= 0.3 is 0 Å². The van der Waals surface area contributed by atoms with E-state index in [4.69, 9.17) is 0 Å². The van der Waals surface area contributed by atoms with Crippen molar-refractivity contribution in [3.05, 3.63) is 54.4 Å². The molecule has 2 unspecified atom stereocenters. The van der Waals surface area contributed by atoms with Crippen LogP contribution in [0.3, 0.4) is 0 Å². The Labute approximate surface area is 133 Å². The fraction of sp³-hybridized carbons (Fsp3) is 0.500. The van der Waals surface area contributed by atoms with E-state index in [2.05, 4.69) is 52.6 Å². The van der Waals surface area contributed by atoms with Crippen LogP contribution in [-0.4, -0.2) is 39.9 Å². The molecule has 4 heteroatoms. The van der Waals surface area contributed by atoms with Gasteiger partial charge in [-0.15, -0.1) is 0 Å². The quantitative estimate of drug-likeness (QED) is 0.889. The molecule has 2 heterocycles. The molecule has 0 aliphatic carbocycles. The summed E-state index contributed by atoms with van der Waals surface area (Å²) in [6.07, 6.45) is 6.42. The van der Waals surface area contributed by atoms with Gasteiger partial charge in [-0.25, -0.2) is 0 Å². The van der Waals surface area contributed by atoms with E-state index in [-0.39, 0.29) is 0 Å². The third kappa shape index (κ3) is 4.42. The highest BCUT2D eigenvalue weighted by atomic mass is 15.3. The first-order valence-electron chi connectivity index (χ1n) is 8.29. The van der Waals surface area contributed by atoms with Gasteiger partial charge < -0.3 is 5.32 Å². The molecular weight excluding hydrogens is 272 g/mol. The molecule has 1 N–H and O–H groups in total. The van der Waals surface area contributed by atoms with Crippen molar-refractivity contribution in [2.75, 3.05) is 13.1 Å². The van der Waals surface area contributed by atoms with Crippen LogP contribution >= 0.6 is 0 Å². The molecule has 3 rings (SSSR count). The molecule has 2 atom stereocenters. The molecule has 0 spiro atoms. The van der Waals surface area contributed by atoms with Gasteiger partial charge in [0.05, 0.1) is 6.54 Å². The second-order valence-corrected chi connectivity index (χ2v) is 6.36. The van der Waals surface area contributed by atoms with Gasteiger partial charge in [0.2, 0.25) is 0 Å². The van der Waals surface area contributed by atoms with Gasteiger partial charge in [0.25, 0.3) is 0 Å². The Bertz CT molecular complexity index is 537. The Hall–Kier alpha value is -1.65. The molecule has 0 saturated carbocycles. The van der Waals surface area contributed by atoms with E-state index in [1.165, 1.54) is 24.9 Å². The number of nitrogens with one attached hydrogen (secondary N) is 1. The first kappa shape index (κ1) is 15.3. The molecule has 1 aromatic carbocycles. The summed E-state index contributed by atoms with van der Waals surface area (Å²) in [5.41, 5.74) is 1.41. The molecule has 2 aromatic rings. The average Bonchev–Trinajstić information content (AvgIpc) is 3.01. The summed E-state index contributed by atoms with van der Waals surface area (Å²) >= 11 is 0. The zero-order valence-electron chi connectivity index (χ0n) is 13.4. The van der Waals surface area contributed by atoms with Crippen LogP contribution in [0.5, 0.6) is 0 Å². The predicted molar refractivity (Wildman–Crippen MR) is 89.6 cm³/mol. The minimum absolute atomic E-state index is 0.446. The topological polar surface area (TPSA) is 33.1 Å². The van der Waals surface area contributed by atoms with Gasteiger partial charge in [-0.05, 0) is 37.9 Å². The zero-order chi connectivity index (χ0) is 15.2. The fourth-order valence-corrected chi connectivity index (χ4v) is 3.32. The predicted octanol–water partition coefficient (Wildman–Crippen LogP) is 2.53. The second-order valence-electron chi connectivity index (χ2n) is 6.36. The maximum absolute atomic E-state index is 4.29. The van der Waals surface area contributed by atoms with Crippen LogP contribution in [0.2, 0.25) is 0 Å². The van der Waals surface area contributed by atoms with E-state index >= 15 is 0 Å². The van der Waals surface area contributed by atoms with Crippen molar-refractivity contribution >= 4 is 0 Å². The number of piperidine rings is 1. The van der Waals surface area contributed by atoms with Gasteiger partial charge in [-0.1, -0.05) is 30.3 Å². The van der Waals surface area contributed by atoms with Crippen LogP contribution < -0.4 is 5.32 Å². The van der Waals surface area contributed by atoms with Crippen molar-refractivity contribution < 1.29 is 0 Å². The van der Waals surface area contributed by atoms with Crippen LogP contribution in [-0.2, 0) is 13.1 Å². The van der Waals surface area contributed by atoms with Crippen LogP contribution in [0.15, 0.2) is 48.8 Å². The van der Waals surface area contributed by atoms with E-state index in [0.29, 0.717) is 12.1 Å². The number of rotatable bonds is 6. The van der Waals surface area contributed by atoms with E-state index < -0.39 is 0 Å². The van der Waals surface area contributed by atoms with E-state index in [1.54, 1.807) is 0 Å². The summed E-state index contributed by atoms with van der Waals surface area (Å²) in [6.45, 7) is 6.59. The van der Waals surface area contributed by atoms with Crippen LogP contribution in [0.4, 0.5) is 0 Å². The van der Waals surface area contributed by atoms with Crippen molar-refractivity contribution in [3.8, 4) is 0 Å². The molecule has 1 aliphatic rings. The molecule has 1 aromatic heterocycles. The summed E-state index contributed by atoms with van der Waals surface area (Å²) in [7, 11) is 0. The summed E-state index contributed by atoms with van der Waals surface area (Å²) in [5, 5.41) is 8.06. The summed E-state index contributed by atoms with van der Waals surface area (Å²) in [6, 6.07) is 13.8. The average molecular weight is 298 g/mol. The van der Waals surface area contributed by atoms with Crippen molar-refractivity contribution in [2.45, 2.75) is 44.9 Å². The largest absolute Gasteiger partial charge is 0.308 e. The molecule has 0 radical (unpaired) electrons. The summed E-state index contributed by atoms with van der Waals surface area (Å²) in [5.74, 6) is 0. The number of nitrogens with zero attached hydrogens (tertiary/aromatic N) is 3. The number of hydrogen-bond acceptors (Lipinski definition) is 3. The van der Waals surface area contributed by atoms with Crippen molar-refractivity contribution in [1.29, 1.82) is 0 Å². The normalized spacial score (nSPS) is 20.9. The molecule has 118 valence electrons. The highest BCUT2D eigenvalue weighted by molar-refractivity contribution is 5.14. The van der Waals surface area contributed by atoms with E-state index in [1.807, 2.05) is 23.1 Å². The van der Waals surface area contributed by atoms with Crippen LogP contribution in [0, 0.1) is 0 Å². The number of hydrogen-bond donors (Lipinski definition) is 1. The highest BCUT2D eigenvalue weighted by Gasteiger charge is 2.21. The minimum Gasteiger partial charge on any atom is -0.308 e. The van der Waals surface area contributed by atoms with Crippen molar-refractivity contribution in [1.82, 2.24) is 20.0 Å². The lowest BCUT2D eigenvalue weighted by atomic mass is 10.0. The molecule has 0 bridgehead atoms. The summed E-state index contributed by atoms with van der Waals surface area (Å²) in [4.78, 5) is 2.57.